The minimum Gasteiger partial charge on any atom is -0.491 e. The molecule has 0 bridgehead atoms. The van der Waals surface area contributed by atoms with Crippen LogP contribution in [0.25, 0.3) is 11.4 Å². The van der Waals surface area contributed by atoms with Crippen LogP contribution in [0.2, 0.25) is 0 Å². The quantitative estimate of drug-likeness (QED) is 0.482. The molecule has 2 aromatic carbocycles. The zero-order valence-corrected chi connectivity index (χ0v) is 16.7. The van der Waals surface area contributed by atoms with Gasteiger partial charge in [0.05, 0.1) is 13.2 Å². The Labute approximate surface area is 175 Å². The van der Waals surface area contributed by atoms with Gasteiger partial charge < -0.3 is 18.9 Å². The van der Waals surface area contributed by atoms with E-state index in [1.807, 2.05) is 48.8 Å². The minimum atomic E-state index is 0.259. The molecular formula is C24H24N2O4. The first-order chi connectivity index (χ1) is 14.8. The van der Waals surface area contributed by atoms with Crippen molar-refractivity contribution in [2.75, 3.05) is 26.4 Å². The summed E-state index contributed by atoms with van der Waals surface area (Å²) in [6.45, 7) is 2.85. The average molecular weight is 404 g/mol. The Morgan fingerprint density at radius 3 is 1.73 bits per heavy atom. The van der Waals surface area contributed by atoms with Gasteiger partial charge in [-0.3, -0.25) is 0 Å². The molecule has 2 aliphatic heterocycles. The van der Waals surface area contributed by atoms with Crippen molar-refractivity contribution in [3.05, 3.63) is 72.1 Å². The molecule has 0 saturated carbocycles. The fraction of sp³-hybridized carbons (Fsp3) is 0.333. The van der Waals surface area contributed by atoms with Crippen LogP contribution in [-0.4, -0.2) is 48.6 Å². The van der Waals surface area contributed by atoms with E-state index in [4.69, 9.17) is 18.9 Å². The molecule has 0 radical (unpaired) electrons. The Kier molecular flexibility index (Phi) is 5.59. The summed E-state index contributed by atoms with van der Waals surface area (Å²) in [7, 11) is 0. The van der Waals surface area contributed by atoms with Gasteiger partial charge in [-0.2, -0.15) is 0 Å². The number of rotatable bonds is 10. The first kappa shape index (κ1) is 19.0. The molecular weight excluding hydrogens is 380 g/mol. The fourth-order valence-corrected chi connectivity index (χ4v) is 3.08. The fourth-order valence-electron chi connectivity index (χ4n) is 3.08. The molecule has 154 valence electrons. The van der Waals surface area contributed by atoms with Crippen molar-refractivity contribution in [2.45, 2.75) is 25.0 Å². The minimum absolute atomic E-state index is 0.259. The van der Waals surface area contributed by atoms with E-state index in [0.29, 0.717) is 13.2 Å². The van der Waals surface area contributed by atoms with Crippen LogP contribution >= 0.6 is 0 Å². The third kappa shape index (κ3) is 5.34. The van der Waals surface area contributed by atoms with Crippen LogP contribution in [0.15, 0.2) is 60.9 Å². The molecule has 1 aromatic heterocycles. The molecule has 6 heteroatoms. The van der Waals surface area contributed by atoms with Gasteiger partial charge in [-0.15, -0.1) is 0 Å². The van der Waals surface area contributed by atoms with Crippen molar-refractivity contribution in [2.24, 2.45) is 0 Å². The van der Waals surface area contributed by atoms with Gasteiger partial charge in [0.25, 0.3) is 0 Å². The van der Waals surface area contributed by atoms with E-state index in [9.17, 15) is 0 Å². The lowest BCUT2D eigenvalue weighted by Gasteiger charge is -2.07. The van der Waals surface area contributed by atoms with Gasteiger partial charge >= 0.3 is 0 Å². The second-order valence-corrected chi connectivity index (χ2v) is 7.62. The summed E-state index contributed by atoms with van der Waals surface area (Å²) in [5, 5.41) is 0. The molecule has 2 fully saturated rings. The number of benzene rings is 2. The molecule has 0 N–H and O–H groups in total. The van der Waals surface area contributed by atoms with Crippen LogP contribution in [0.5, 0.6) is 11.5 Å². The maximum atomic E-state index is 5.68. The Bertz CT molecular complexity index is 950. The summed E-state index contributed by atoms with van der Waals surface area (Å²) >= 11 is 0. The number of nitrogens with zero attached hydrogens (tertiary/aromatic N) is 2. The first-order valence-corrected chi connectivity index (χ1v) is 10.3. The lowest BCUT2D eigenvalue weighted by Crippen LogP contribution is -2.04. The highest BCUT2D eigenvalue weighted by atomic mass is 16.6. The van der Waals surface area contributed by atoms with Crippen molar-refractivity contribution < 1.29 is 18.9 Å². The highest BCUT2D eigenvalue weighted by Crippen LogP contribution is 2.21. The predicted octanol–water partition coefficient (Wildman–Crippen LogP) is 3.48. The normalized spacial score (nSPS) is 19.3. The summed E-state index contributed by atoms with van der Waals surface area (Å²) in [5.74, 6) is 2.44. The Morgan fingerprint density at radius 2 is 1.20 bits per heavy atom. The molecule has 5 rings (SSSR count). The van der Waals surface area contributed by atoms with Gasteiger partial charge in [0.15, 0.2) is 5.82 Å². The lowest BCUT2D eigenvalue weighted by molar-refractivity contribution is 0.263. The zero-order chi connectivity index (χ0) is 20.2. The Balaban J connectivity index is 1.12. The zero-order valence-electron chi connectivity index (χ0n) is 16.7. The van der Waals surface area contributed by atoms with Crippen LogP contribution in [0.1, 0.15) is 11.1 Å². The topological polar surface area (TPSA) is 69.3 Å². The van der Waals surface area contributed by atoms with Crippen molar-refractivity contribution in [1.82, 2.24) is 9.97 Å². The molecule has 0 aliphatic carbocycles. The number of ether oxygens (including phenoxy) is 4. The molecule has 2 aliphatic rings. The summed E-state index contributed by atoms with van der Waals surface area (Å²) in [6, 6.07) is 16.1. The second-order valence-electron chi connectivity index (χ2n) is 7.62. The van der Waals surface area contributed by atoms with Gasteiger partial charge in [0, 0.05) is 18.0 Å². The average Bonchev–Trinajstić information content (AvgIpc) is 3.71. The first-order valence-electron chi connectivity index (χ1n) is 10.3. The van der Waals surface area contributed by atoms with Crippen molar-refractivity contribution >= 4 is 0 Å². The number of aryl methyl sites for hydroxylation is 2. The Morgan fingerprint density at radius 1 is 0.700 bits per heavy atom. The van der Waals surface area contributed by atoms with E-state index in [2.05, 4.69) is 22.1 Å². The summed E-state index contributed by atoms with van der Waals surface area (Å²) in [4.78, 5) is 9.06. The van der Waals surface area contributed by atoms with Gasteiger partial charge in [-0.1, -0.05) is 12.1 Å². The number of aromatic nitrogens is 2. The molecule has 30 heavy (non-hydrogen) atoms. The van der Waals surface area contributed by atoms with Gasteiger partial charge in [0.2, 0.25) is 0 Å². The van der Waals surface area contributed by atoms with Gasteiger partial charge in [0.1, 0.15) is 36.9 Å². The smallest absolute Gasteiger partial charge is 0.159 e. The standard InChI is InChI=1S/C24H24N2O4/c1(17-3-7-20(8-4-17)27-13-22-15-29-22)2-18-11-25-24(26-12-18)19-5-9-21(10-6-19)28-14-23-16-30-23/h3-12,22-23H,1-2,13-16H2. The number of epoxide rings is 2. The third-order valence-corrected chi connectivity index (χ3v) is 5.12. The largest absolute Gasteiger partial charge is 0.491 e. The van der Waals surface area contributed by atoms with Gasteiger partial charge in [-0.05, 0) is 60.4 Å². The van der Waals surface area contributed by atoms with Crippen molar-refractivity contribution in [1.29, 1.82) is 0 Å². The number of hydrogen-bond acceptors (Lipinski definition) is 6. The monoisotopic (exact) mass is 404 g/mol. The summed E-state index contributed by atoms with van der Waals surface area (Å²) in [5.41, 5.74) is 3.36. The molecule has 2 saturated heterocycles. The number of hydrogen-bond donors (Lipinski definition) is 0. The van der Waals surface area contributed by atoms with E-state index in [1.165, 1.54) is 5.56 Å². The molecule has 3 heterocycles. The molecule has 2 unspecified atom stereocenters. The van der Waals surface area contributed by atoms with E-state index in [1.54, 1.807) is 0 Å². The molecule has 0 amide bonds. The van der Waals surface area contributed by atoms with E-state index < -0.39 is 0 Å². The van der Waals surface area contributed by atoms with E-state index >= 15 is 0 Å². The van der Waals surface area contributed by atoms with Crippen LogP contribution < -0.4 is 9.47 Å². The van der Waals surface area contributed by atoms with Crippen LogP contribution in [0.3, 0.4) is 0 Å². The third-order valence-electron chi connectivity index (χ3n) is 5.12. The van der Waals surface area contributed by atoms with Crippen molar-refractivity contribution in [3.63, 3.8) is 0 Å². The second kappa shape index (κ2) is 8.81. The highest BCUT2D eigenvalue weighted by molar-refractivity contribution is 5.55. The molecule has 6 nitrogen and oxygen atoms in total. The maximum absolute atomic E-state index is 5.68. The summed E-state index contributed by atoms with van der Waals surface area (Å²) in [6.07, 6.45) is 6.18. The molecule has 0 spiro atoms. The van der Waals surface area contributed by atoms with Crippen LogP contribution in [-0.2, 0) is 22.3 Å². The molecule has 2 atom stereocenters. The maximum Gasteiger partial charge on any atom is 0.159 e. The van der Waals surface area contributed by atoms with Crippen LogP contribution in [0.4, 0.5) is 0 Å². The molecule has 3 aromatic rings. The summed E-state index contributed by atoms with van der Waals surface area (Å²) < 4.78 is 21.7. The highest BCUT2D eigenvalue weighted by Gasteiger charge is 2.23. The SMILES string of the molecule is c1cc(OCC2CO2)ccc1CCc1cnc(-c2ccc(OCC3CO3)cc2)nc1. The Hall–Kier alpha value is -2.96. The van der Waals surface area contributed by atoms with Gasteiger partial charge in [-0.25, -0.2) is 9.97 Å². The lowest BCUT2D eigenvalue weighted by atomic mass is 10.1. The van der Waals surface area contributed by atoms with E-state index in [-0.39, 0.29) is 12.2 Å². The van der Waals surface area contributed by atoms with Crippen LogP contribution in [0, 0.1) is 0 Å². The predicted molar refractivity (Wildman–Crippen MR) is 112 cm³/mol. The van der Waals surface area contributed by atoms with Crippen molar-refractivity contribution in [3.8, 4) is 22.9 Å². The van der Waals surface area contributed by atoms with E-state index in [0.717, 1.165) is 54.5 Å².